The van der Waals surface area contributed by atoms with Crippen LogP contribution in [-0.4, -0.2) is 49.3 Å². The van der Waals surface area contributed by atoms with E-state index < -0.39 is 23.1 Å². The highest BCUT2D eigenvalue weighted by molar-refractivity contribution is 5.72. The molecular weight excluding hydrogens is 320 g/mol. The van der Waals surface area contributed by atoms with Crippen molar-refractivity contribution < 1.29 is 2.74 Å². The van der Waals surface area contributed by atoms with Crippen molar-refractivity contribution >= 4 is 11.4 Å². The number of benzene rings is 2. The van der Waals surface area contributed by atoms with Crippen molar-refractivity contribution in [1.29, 1.82) is 0 Å². The van der Waals surface area contributed by atoms with Crippen molar-refractivity contribution in [3.05, 3.63) is 59.7 Å². The largest absolute Gasteiger partial charge is 0.369 e. The number of nitrogens with zero attached hydrogens (tertiary/aromatic N) is 2. The third-order valence-corrected chi connectivity index (χ3v) is 7.22. The van der Waals surface area contributed by atoms with E-state index in [0.717, 1.165) is 37.3 Å². The number of anilines is 2. The van der Waals surface area contributed by atoms with Gasteiger partial charge in [-0.2, -0.15) is 0 Å². The van der Waals surface area contributed by atoms with Crippen molar-refractivity contribution in [3.8, 4) is 0 Å². The highest BCUT2D eigenvalue weighted by atomic mass is 15.4. The molecule has 0 radical (unpaired) electrons. The molecule has 4 heteroatoms. The Morgan fingerprint density at radius 1 is 0.808 bits per heavy atom. The Kier molecular flexibility index (Phi) is 2.44. The third-order valence-electron chi connectivity index (χ3n) is 7.22. The van der Waals surface area contributed by atoms with Crippen LogP contribution in [0.2, 0.25) is 0 Å². The van der Waals surface area contributed by atoms with Gasteiger partial charge < -0.3 is 10.6 Å². The summed E-state index contributed by atoms with van der Waals surface area (Å²) in [5.74, 6) is 0. The van der Waals surface area contributed by atoms with Crippen LogP contribution in [0.5, 0.6) is 0 Å². The Bertz CT molecular complexity index is 919. The Balaban J connectivity index is 1.74. The second-order valence-corrected chi connectivity index (χ2v) is 8.19. The first-order valence-corrected chi connectivity index (χ1v) is 9.59. The number of para-hydroxylation sites is 2. The molecule has 26 heavy (non-hydrogen) atoms. The molecule has 0 aromatic heterocycles. The first-order valence-electron chi connectivity index (χ1n) is 10.6. The zero-order chi connectivity index (χ0) is 19.4. The van der Waals surface area contributed by atoms with Gasteiger partial charge in [0.25, 0.3) is 0 Å². The van der Waals surface area contributed by atoms with Gasteiger partial charge in [-0.3, -0.25) is 9.80 Å². The molecule has 134 valence electrons. The quantitative estimate of drug-likeness (QED) is 0.828. The number of likely N-dealkylation sites (tertiary alicyclic amines) is 2. The second kappa shape index (κ2) is 4.81. The summed E-state index contributed by atoms with van der Waals surface area (Å²) in [4.78, 5) is 4.28. The maximum atomic E-state index is 9.73. The van der Waals surface area contributed by atoms with Gasteiger partial charge in [-0.05, 0) is 50.2 Å². The Labute approximate surface area is 158 Å². The van der Waals surface area contributed by atoms with Crippen molar-refractivity contribution in [2.45, 2.75) is 36.0 Å². The molecule has 4 aliphatic rings. The molecule has 2 aromatic carbocycles. The van der Waals surface area contributed by atoms with Crippen LogP contribution in [0.3, 0.4) is 0 Å². The predicted molar refractivity (Wildman–Crippen MR) is 106 cm³/mol. The molecular formula is C22H26N4. The number of rotatable bonds is 1. The maximum absolute atomic E-state index is 9.73. The van der Waals surface area contributed by atoms with E-state index >= 15 is 0 Å². The molecule has 0 spiro atoms. The standard InChI is InChI=1S/C22H26N4/c1-25-13-11-21(15-7-3-5-9-17(15)23-19(21)25)22-12-14-26(2)20(22)24-18-10-6-4-8-16(18)22/h3-10,19-20,23-24H,11-14H2,1-2H3/t19-,20-,21+,22+/m0/s1/i19T,20T. The zero-order valence-corrected chi connectivity index (χ0v) is 15.3. The summed E-state index contributed by atoms with van der Waals surface area (Å²) < 4.78 is 19.5. The number of nitrogens with one attached hydrogen (secondary N) is 2. The lowest BCUT2D eigenvalue weighted by Crippen LogP contribution is -2.60. The van der Waals surface area contributed by atoms with Gasteiger partial charge in [0, 0.05) is 35.3 Å². The molecule has 0 unspecified atom stereocenters. The summed E-state index contributed by atoms with van der Waals surface area (Å²) in [6.45, 7) is 1.68. The van der Waals surface area contributed by atoms with Crippen LogP contribution in [0.15, 0.2) is 48.5 Å². The monoisotopic (exact) mass is 350 g/mol. The smallest absolute Gasteiger partial charge is 0.0901 e. The van der Waals surface area contributed by atoms with Crippen LogP contribution in [0.25, 0.3) is 0 Å². The van der Waals surface area contributed by atoms with E-state index in [4.69, 9.17) is 0 Å². The highest BCUT2D eigenvalue weighted by Crippen LogP contribution is 2.65. The second-order valence-electron chi connectivity index (χ2n) is 8.19. The van der Waals surface area contributed by atoms with Crippen LogP contribution in [0.4, 0.5) is 11.4 Å². The molecule has 0 amide bonds. The minimum Gasteiger partial charge on any atom is -0.369 e. The minimum atomic E-state index is -0.979. The van der Waals surface area contributed by atoms with Crippen molar-refractivity contribution in [2.75, 3.05) is 37.8 Å². The lowest BCUT2D eigenvalue weighted by atomic mass is 9.55. The summed E-state index contributed by atoms with van der Waals surface area (Å²) in [5.41, 5.74) is 3.44. The van der Waals surface area contributed by atoms with E-state index in [-0.39, 0.29) is 0 Å². The van der Waals surface area contributed by atoms with Crippen molar-refractivity contribution in [3.63, 3.8) is 0 Å². The van der Waals surface area contributed by atoms with Gasteiger partial charge in [0.1, 0.15) is 0 Å². The molecule has 4 heterocycles. The molecule has 4 atom stereocenters. The van der Waals surface area contributed by atoms with Crippen LogP contribution in [0.1, 0.15) is 26.7 Å². The van der Waals surface area contributed by atoms with E-state index in [2.05, 4.69) is 56.8 Å². The van der Waals surface area contributed by atoms with Gasteiger partial charge in [0.2, 0.25) is 0 Å². The summed E-state index contributed by atoms with van der Waals surface area (Å²) in [6.07, 6.45) is -0.233. The van der Waals surface area contributed by atoms with Crippen molar-refractivity contribution in [2.24, 2.45) is 0 Å². The van der Waals surface area contributed by atoms with Gasteiger partial charge >= 0.3 is 0 Å². The Hall–Kier alpha value is -2.04. The average Bonchev–Trinajstić information content (AvgIpc) is 3.29. The van der Waals surface area contributed by atoms with E-state index in [1.807, 2.05) is 26.2 Å². The molecule has 4 aliphatic heterocycles. The van der Waals surface area contributed by atoms with Crippen LogP contribution < -0.4 is 10.6 Å². The molecule has 4 nitrogen and oxygen atoms in total. The van der Waals surface area contributed by atoms with Gasteiger partial charge in [0.05, 0.1) is 15.0 Å². The summed E-state index contributed by atoms with van der Waals surface area (Å²) in [5, 5.41) is 7.15. The highest BCUT2D eigenvalue weighted by Gasteiger charge is 2.70. The molecule has 2 saturated heterocycles. The summed E-state index contributed by atoms with van der Waals surface area (Å²) in [6, 6.07) is 16.8. The molecule has 0 aliphatic carbocycles. The lowest BCUT2D eigenvalue weighted by molar-refractivity contribution is 0.147. The Morgan fingerprint density at radius 3 is 1.69 bits per heavy atom. The minimum absolute atomic E-state index is 0.516. The topological polar surface area (TPSA) is 30.5 Å². The fraction of sp³-hybridized carbons (Fsp3) is 0.455. The maximum Gasteiger partial charge on any atom is 0.0901 e. The normalized spacial score (nSPS) is 44.4. The van der Waals surface area contributed by atoms with Crippen molar-refractivity contribution in [1.82, 2.24) is 9.80 Å². The fourth-order valence-electron chi connectivity index (χ4n) is 6.19. The van der Waals surface area contributed by atoms with Gasteiger partial charge in [-0.25, -0.2) is 0 Å². The van der Waals surface area contributed by atoms with Gasteiger partial charge in [-0.1, -0.05) is 36.4 Å². The van der Waals surface area contributed by atoms with Crippen LogP contribution >= 0.6 is 0 Å². The number of hydrogen-bond donors (Lipinski definition) is 2. The van der Waals surface area contributed by atoms with E-state index in [1.54, 1.807) is 0 Å². The third kappa shape index (κ3) is 1.47. The van der Waals surface area contributed by atoms with Gasteiger partial charge in [0.15, 0.2) is 0 Å². The summed E-state index contributed by atoms with van der Waals surface area (Å²) >= 11 is 0. The molecule has 2 fully saturated rings. The average molecular weight is 350 g/mol. The number of hydrogen-bond acceptors (Lipinski definition) is 4. The first kappa shape index (κ1) is 13.2. The first-order chi connectivity index (χ1) is 13.4. The van der Waals surface area contributed by atoms with Crippen LogP contribution in [0, 0.1) is 0 Å². The number of fused-ring (bicyclic) bond motifs is 7. The number of likely N-dealkylation sites (N-methyl/N-ethyl adjacent to an activating group) is 2. The summed E-state index contributed by atoms with van der Waals surface area (Å²) in [7, 11) is 4.09. The van der Waals surface area contributed by atoms with Gasteiger partial charge in [-0.15, -0.1) is 0 Å². The van der Waals surface area contributed by atoms with E-state index in [1.165, 1.54) is 11.1 Å². The SMILES string of the molecule is [3H][C@@]12Nc3ccccc3[C@]1([C@@]13CCN(C)[C@]1([3H])Nc1ccccc13)CCN2C. The Morgan fingerprint density at radius 2 is 1.23 bits per heavy atom. The fourth-order valence-corrected chi connectivity index (χ4v) is 6.19. The van der Waals surface area contributed by atoms with E-state index in [9.17, 15) is 2.74 Å². The zero-order valence-electron chi connectivity index (χ0n) is 17.3. The predicted octanol–water partition coefficient (Wildman–Crippen LogP) is 3.04. The van der Waals surface area contributed by atoms with E-state index in [0.29, 0.717) is 0 Å². The molecule has 6 rings (SSSR count). The lowest BCUT2D eigenvalue weighted by Gasteiger charge is -2.48. The molecule has 0 saturated carbocycles. The molecule has 2 N–H and O–H groups in total. The molecule has 2 aromatic rings. The van der Waals surface area contributed by atoms with Crippen LogP contribution in [-0.2, 0) is 10.8 Å². The molecule has 0 bridgehead atoms.